The summed E-state index contributed by atoms with van der Waals surface area (Å²) in [4.78, 5) is 12.2. The molecule has 1 unspecified atom stereocenters. The number of piperidine rings is 1. The van der Waals surface area contributed by atoms with Crippen LogP contribution in [0.5, 0.6) is 0 Å². The van der Waals surface area contributed by atoms with Gasteiger partial charge in [-0.15, -0.1) is 0 Å². The summed E-state index contributed by atoms with van der Waals surface area (Å²) in [5.41, 5.74) is 0.291. The summed E-state index contributed by atoms with van der Waals surface area (Å²) < 4.78 is 5.52. The zero-order chi connectivity index (χ0) is 14.3. The highest BCUT2D eigenvalue weighted by Gasteiger charge is 2.34. The van der Waals surface area contributed by atoms with Crippen LogP contribution >= 0.6 is 0 Å². The third kappa shape index (κ3) is 4.45. The molecule has 4 heteroatoms. The van der Waals surface area contributed by atoms with Gasteiger partial charge in [0.2, 0.25) is 5.91 Å². The largest absolute Gasteiger partial charge is 0.382 e. The van der Waals surface area contributed by atoms with E-state index in [9.17, 15) is 4.79 Å². The van der Waals surface area contributed by atoms with Gasteiger partial charge in [0, 0.05) is 19.8 Å². The Labute approximate surface area is 123 Å². The van der Waals surface area contributed by atoms with Gasteiger partial charge in [-0.1, -0.05) is 19.3 Å². The predicted octanol–water partition coefficient (Wildman–Crippen LogP) is 2.23. The maximum atomic E-state index is 12.2. The van der Waals surface area contributed by atoms with Crippen molar-refractivity contribution in [3.63, 3.8) is 0 Å². The molecule has 4 nitrogen and oxygen atoms in total. The van der Waals surface area contributed by atoms with Crippen molar-refractivity contribution in [1.29, 1.82) is 0 Å². The molecule has 2 aliphatic rings. The number of carbonyl (C=O) groups is 1. The van der Waals surface area contributed by atoms with Crippen molar-refractivity contribution in [1.82, 2.24) is 10.6 Å². The summed E-state index contributed by atoms with van der Waals surface area (Å²) in [5, 5.41) is 6.53. The molecule has 0 aromatic heterocycles. The number of hydrogen-bond donors (Lipinski definition) is 2. The summed E-state index contributed by atoms with van der Waals surface area (Å²) in [6.07, 6.45) is 9.49. The quantitative estimate of drug-likeness (QED) is 0.704. The molecule has 1 heterocycles. The first kappa shape index (κ1) is 15.8. The van der Waals surface area contributed by atoms with Crippen molar-refractivity contribution in [2.75, 3.05) is 26.3 Å². The summed E-state index contributed by atoms with van der Waals surface area (Å²) in [5.74, 6) is 0.201. The van der Waals surface area contributed by atoms with Crippen molar-refractivity contribution in [2.24, 2.45) is 5.41 Å². The van der Waals surface area contributed by atoms with Gasteiger partial charge in [-0.05, 0) is 51.0 Å². The lowest BCUT2D eigenvalue weighted by atomic mass is 9.82. The highest BCUT2D eigenvalue weighted by Crippen LogP contribution is 2.40. The Morgan fingerprint density at radius 3 is 2.75 bits per heavy atom. The Kier molecular flexibility index (Phi) is 6.30. The molecule has 0 bridgehead atoms. The first-order valence-electron chi connectivity index (χ1n) is 8.35. The van der Waals surface area contributed by atoms with Crippen LogP contribution in [0.25, 0.3) is 0 Å². The first-order valence-corrected chi connectivity index (χ1v) is 8.35. The smallest absolute Gasteiger partial charge is 0.237 e. The fourth-order valence-electron chi connectivity index (χ4n) is 3.55. The lowest BCUT2D eigenvalue weighted by Crippen LogP contribution is -2.49. The van der Waals surface area contributed by atoms with Crippen LogP contribution in [0.3, 0.4) is 0 Å². The zero-order valence-electron chi connectivity index (χ0n) is 12.9. The molecule has 1 saturated heterocycles. The van der Waals surface area contributed by atoms with Crippen LogP contribution in [-0.2, 0) is 9.53 Å². The number of rotatable bonds is 7. The lowest BCUT2D eigenvalue weighted by Gasteiger charge is -2.31. The molecule has 2 N–H and O–H groups in total. The van der Waals surface area contributed by atoms with E-state index < -0.39 is 0 Å². The fourth-order valence-corrected chi connectivity index (χ4v) is 3.55. The van der Waals surface area contributed by atoms with Crippen molar-refractivity contribution < 1.29 is 9.53 Å². The van der Waals surface area contributed by atoms with Gasteiger partial charge in [-0.2, -0.15) is 0 Å². The van der Waals surface area contributed by atoms with Crippen LogP contribution < -0.4 is 10.6 Å². The molecule has 0 aromatic rings. The number of ether oxygens (including phenoxy) is 1. The van der Waals surface area contributed by atoms with E-state index >= 15 is 0 Å². The van der Waals surface area contributed by atoms with Crippen LogP contribution in [-0.4, -0.2) is 38.3 Å². The maximum Gasteiger partial charge on any atom is 0.237 e. The number of carbonyl (C=O) groups excluding carboxylic acids is 1. The minimum Gasteiger partial charge on any atom is -0.382 e. The predicted molar refractivity (Wildman–Crippen MR) is 80.7 cm³/mol. The highest BCUT2D eigenvalue weighted by atomic mass is 16.5. The van der Waals surface area contributed by atoms with E-state index in [0.717, 1.165) is 39.1 Å². The molecule has 0 aromatic carbocycles. The van der Waals surface area contributed by atoms with E-state index in [1.807, 2.05) is 6.92 Å². The van der Waals surface area contributed by atoms with E-state index in [-0.39, 0.29) is 11.9 Å². The highest BCUT2D eigenvalue weighted by molar-refractivity contribution is 5.81. The van der Waals surface area contributed by atoms with Crippen molar-refractivity contribution >= 4 is 5.91 Å². The number of nitrogens with one attached hydrogen (secondary N) is 2. The Bertz CT molecular complexity index is 295. The van der Waals surface area contributed by atoms with Crippen molar-refractivity contribution in [3.05, 3.63) is 0 Å². The molecular weight excluding hydrogens is 252 g/mol. The van der Waals surface area contributed by atoms with Crippen LogP contribution in [0.2, 0.25) is 0 Å². The zero-order valence-corrected chi connectivity index (χ0v) is 12.9. The van der Waals surface area contributed by atoms with E-state index in [1.165, 1.54) is 38.5 Å². The second kappa shape index (κ2) is 7.99. The first-order chi connectivity index (χ1) is 9.76. The monoisotopic (exact) mass is 282 g/mol. The Morgan fingerprint density at radius 1 is 1.30 bits per heavy atom. The topological polar surface area (TPSA) is 50.4 Å². The molecule has 0 radical (unpaired) electrons. The Hall–Kier alpha value is -0.610. The van der Waals surface area contributed by atoms with Gasteiger partial charge >= 0.3 is 0 Å². The van der Waals surface area contributed by atoms with Gasteiger partial charge in [0.15, 0.2) is 0 Å². The second-order valence-corrected chi connectivity index (χ2v) is 6.37. The Morgan fingerprint density at radius 2 is 2.10 bits per heavy atom. The van der Waals surface area contributed by atoms with Crippen LogP contribution in [0.4, 0.5) is 0 Å². The standard InChI is InChI=1S/C16H30N2O2/c1-2-20-12-10-16(8-4-5-9-16)13-18-15(19)14-7-3-6-11-17-14/h14,17H,2-13H2,1H3,(H,18,19). The average molecular weight is 282 g/mol. The van der Waals surface area contributed by atoms with E-state index in [0.29, 0.717) is 5.41 Å². The van der Waals surface area contributed by atoms with E-state index in [4.69, 9.17) is 4.74 Å². The van der Waals surface area contributed by atoms with Crippen molar-refractivity contribution in [2.45, 2.75) is 64.3 Å². The molecule has 1 aliphatic heterocycles. The molecule has 1 atom stereocenters. The van der Waals surface area contributed by atoms with Crippen LogP contribution in [0.1, 0.15) is 58.3 Å². The molecule has 1 aliphatic carbocycles. The summed E-state index contributed by atoms with van der Waals surface area (Å²) >= 11 is 0. The molecule has 2 rings (SSSR count). The Balaban J connectivity index is 1.77. The minimum absolute atomic E-state index is 0.0362. The summed E-state index contributed by atoms with van der Waals surface area (Å²) in [6.45, 7) is 5.46. The fraction of sp³-hybridized carbons (Fsp3) is 0.938. The average Bonchev–Trinajstić information content (AvgIpc) is 2.95. The van der Waals surface area contributed by atoms with Crippen molar-refractivity contribution in [3.8, 4) is 0 Å². The molecule has 1 amide bonds. The number of hydrogen-bond acceptors (Lipinski definition) is 3. The molecule has 2 fully saturated rings. The lowest BCUT2D eigenvalue weighted by molar-refractivity contribution is -0.124. The maximum absolute atomic E-state index is 12.2. The van der Waals surface area contributed by atoms with Gasteiger partial charge < -0.3 is 15.4 Å². The summed E-state index contributed by atoms with van der Waals surface area (Å²) in [6, 6.07) is 0.0362. The van der Waals surface area contributed by atoms with Gasteiger partial charge in [0.25, 0.3) is 0 Å². The van der Waals surface area contributed by atoms with Crippen LogP contribution in [0.15, 0.2) is 0 Å². The normalized spacial score (nSPS) is 25.6. The molecule has 116 valence electrons. The molecule has 1 saturated carbocycles. The van der Waals surface area contributed by atoms with Gasteiger partial charge in [-0.25, -0.2) is 0 Å². The number of amides is 1. The third-order valence-electron chi connectivity index (χ3n) is 4.91. The molecule has 20 heavy (non-hydrogen) atoms. The van der Waals surface area contributed by atoms with E-state index in [1.54, 1.807) is 0 Å². The third-order valence-corrected chi connectivity index (χ3v) is 4.91. The van der Waals surface area contributed by atoms with Gasteiger partial charge in [-0.3, -0.25) is 4.79 Å². The molecular formula is C16H30N2O2. The minimum atomic E-state index is 0.0362. The SMILES string of the molecule is CCOCCC1(CNC(=O)C2CCCCN2)CCCC1. The van der Waals surface area contributed by atoms with Gasteiger partial charge in [0.05, 0.1) is 6.04 Å². The van der Waals surface area contributed by atoms with Gasteiger partial charge in [0.1, 0.15) is 0 Å². The summed E-state index contributed by atoms with van der Waals surface area (Å²) in [7, 11) is 0. The van der Waals surface area contributed by atoms with E-state index in [2.05, 4.69) is 10.6 Å². The molecule has 0 spiro atoms. The second-order valence-electron chi connectivity index (χ2n) is 6.37. The van der Waals surface area contributed by atoms with Crippen LogP contribution in [0, 0.1) is 5.41 Å².